The van der Waals surface area contributed by atoms with E-state index in [1.807, 2.05) is 66.3 Å². The number of piperidine rings is 1. The second-order valence-corrected chi connectivity index (χ2v) is 10.3. The fourth-order valence-electron chi connectivity index (χ4n) is 5.48. The maximum absolute atomic E-state index is 12.6. The maximum atomic E-state index is 12.6. The lowest BCUT2D eigenvalue weighted by atomic mass is 9.81. The van der Waals surface area contributed by atoms with Gasteiger partial charge in [-0.05, 0) is 49.9 Å². The van der Waals surface area contributed by atoms with Gasteiger partial charge in [-0.1, -0.05) is 30.3 Å². The lowest BCUT2D eigenvalue weighted by Gasteiger charge is -2.43. The molecule has 0 bridgehead atoms. The van der Waals surface area contributed by atoms with E-state index in [-0.39, 0.29) is 0 Å². The third-order valence-electron chi connectivity index (χ3n) is 7.55. The summed E-state index contributed by atoms with van der Waals surface area (Å²) in [7, 11) is 1.74. The Labute approximate surface area is 239 Å². The van der Waals surface area contributed by atoms with Crippen LogP contribution >= 0.6 is 0 Å². The first-order valence-corrected chi connectivity index (χ1v) is 13.9. The van der Waals surface area contributed by atoms with Crippen molar-refractivity contribution in [2.75, 3.05) is 38.3 Å². The normalized spacial score (nSPS) is 15.8. The van der Waals surface area contributed by atoms with Crippen molar-refractivity contribution < 1.29 is 19.7 Å². The van der Waals surface area contributed by atoms with Gasteiger partial charge in [-0.15, -0.1) is 0 Å². The molecule has 0 spiro atoms. The van der Waals surface area contributed by atoms with E-state index < -0.39 is 24.2 Å². The molecule has 3 aromatic heterocycles. The van der Waals surface area contributed by atoms with Crippen LogP contribution in [0.3, 0.4) is 0 Å². The molecule has 0 aliphatic carbocycles. The van der Waals surface area contributed by atoms with Gasteiger partial charge in [0.05, 0.1) is 31.1 Å². The zero-order chi connectivity index (χ0) is 28.8. The summed E-state index contributed by atoms with van der Waals surface area (Å²) in [5, 5.41) is 26.8. The number of nitrogens with zero attached hydrogens (tertiary/aromatic N) is 5. The van der Waals surface area contributed by atoms with Gasteiger partial charge in [-0.25, -0.2) is 9.50 Å². The summed E-state index contributed by atoms with van der Waals surface area (Å²) in [6.45, 7) is 3.25. The van der Waals surface area contributed by atoms with E-state index in [1.54, 1.807) is 19.5 Å². The van der Waals surface area contributed by atoms with Crippen LogP contribution in [0.5, 0.6) is 5.75 Å². The van der Waals surface area contributed by atoms with Gasteiger partial charge < -0.3 is 25.2 Å². The molecule has 1 fully saturated rings. The second-order valence-electron chi connectivity index (χ2n) is 10.3. The van der Waals surface area contributed by atoms with Crippen LogP contribution in [0.2, 0.25) is 0 Å². The summed E-state index contributed by atoms with van der Waals surface area (Å²) < 4.78 is 7.60. The summed E-state index contributed by atoms with van der Waals surface area (Å²) in [6, 6.07) is 16.1. The van der Waals surface area contributed by atoms with Gasteiger partial charge in [0, 0.05) is 54.8 Å². The van der Waals surface area contributed by atoms with E-state index in [2.05, 4.69) is 26.4 Å². The second kappa shape index (κ2) is 12.5. The average molecular weight is 557 g/mol. The predicted molar refractivity (Wildman–Crippen MR) is 159 cm³/mol. The number of benzene rings is 1. The summed E-state index contributed by atoms with van der Waals surface area (Å²) >= 11 is 0. The number of rotatable bonds is 10. The molecule has 1 amide bonds. The smallest absolute Gasteiger partial charge is 0.251 e. The molecule has 3 N–H and O–H groups in total. The van der Waals surface area contributed by atoms with Crippen LogP contribution in [-0.2, 0) is 11.2 Å². The molecule has 4 aromatic rings. The number of carbonyl (C=O) groups is 1. The van der Waals surface area contributed by atoms with Crippen molar-refractivity contribution in [2.24, 2.45) is 4.99 Å². The molecular weight excluding hydrogens is 520 g/mol. The number of hydrogen-bond donors (Lipinski definition) is 3. The first-order chi connectivity index (χ1) is 19.9. The lowest BCUT2D eigenvalue weighted by Crippen LogP contribution is -2.59. The van der Waals surface area contributed by atoms with E-state index in [9.17, 15) is 15.0 Å². The molecule has 1 aromatic carbocycles. The number of aliphatic hydroxyl groups is 2. The number of hydrogen-bond acceptors (Lipinski definition) is 8. The summed E-state index contributed by atoms with van der Waals surface area (Å²) in [4.78, 5) is 23.8. The molecule has 214 valence electrons. The number of pyridine rings is 2. The fraction of sp³-hybridized carbons (Fsp3) is 0.355. The standard InChI is InChI=1S/C31H36N6O4/c1-3-41-25-15-26(29-24(17-32-2)19-34-37(29)20-25)23-9-10-28(33-18-23)36-13-11-31(12-14-36,35-30(40)27(39)21-38)16-22-7-5-4-6-8-22/h4-10,15,17-20,27,38-39H,3,11-14,16,21H2,1-2H3,(H,35,40)/t27-/m1/s1. The number of aromatic nitrogens is 3. The molecule has 1 saturated heterocycles. The Morgan fingerprint density at radius 2 is 1.98 bits per heavy atom. The lowest BCUT2D eigenvalue weighted by molar-refractivity contribution is -0.133. The van der Waals surface area contributed by atoms with Crippen molar-refractivity contribution >= 4 is 23.5 Å². The van der Waals surface area contributed by atoms with Crippen molar-refractivity contribution in [1.82, 2.24) is 19.9 Å². The number of amides is 1. The maximum Gasteiger partial charge on any atom is 0.251 e. The van der Waals surface area contributed by atoms with Gasteiger partial charge in [-0.3, -0.25) is 9.79 Å². The van der Waals surface area contributed by atoms with E-state index in [0.29, 0.717) is 39.0 Å². The van der Waals surface area contributed by atoms with Gasteiger partial charge in [0.1, 0.15) is 11.6 Å². The third kappa shape index (κ3) is 6.23. The quantitative estimate of drug-likeness (QED) is 0.257. The van der Waals surface area contributed by atoms with Crippen LogP contribution in [0.25, 0.3) is 16.6 Å². The molecule has 1 aliphatic rings. The number of aliphatic hydroxyl groups excluding tert-OH is 2. The van der Waals surface area contributed by atoms with Crippen molar-refractivity contribution in [2.45, 2.75) is 37.8 Å². The highest BCUT2D eigenvalue weighted by Gasteiger charge is 2.37. The van der Waals surface area contributed by atoms with Crippen molar-refractivity contribution in [3.63, 3.8) is 0 Å². The molecule has 1 aliphatic heterocycles. The Kier molecular flexibility index (Phi) is 8.61. The monoisotopic (exact) mass is 556 g/mol. The Morgan fingerprint density at radius 1 is 1.20 bits per heavy atom. The molecule has 0 unspecified atom stereocenters. The highest BCUT2D eigenvalue weighted by Crippen LogP contribution is 2.33. The number of aliphatic imine (C=N–C) groups is 1. The van der Waals surface area contributed by atoms with Crippen LogP contribution in [-0.4, -0.2) is 81.9 Å². The zero-order valence-electron chi connectivity index (χ0n) is 23.4. The van der Waals surface area contributed by atoms with Crippen molar-refractivity contribution in [1.29, 1.82) is 0 Å². The van der Waals surface area contributed by atoms with Crippen LogP contribution in [0.15, 0.2) is 72.1 Å². The minimum atomic E-state index is -1.44. The number of nitrogens with one attached hydrogen (secondary N) is 1. The van der Waals surface area contributed by atoms with E-state index in [4.69, 9.17) is 9.72 Å². The molecule has 41 heavy (non-hydrogen) atoms. The van der Waals surface area contributed by atoms with Gasteiger partial charge in [0.2, 0.25) is 0 Å². The largest absolute Gasteiger partial charge is 0.492 e. The van der Waals surface area contributed by atoms with Crippen LogP contribution < -0.4 is 15.0 Å². The number of carbonyl (C=O) groups excluding carboxylic acids is 1. The highest BCUT2D eigenvalue weighted by atomic mass is 16.5. The van der Waals surface area contributed by atoms with E-state index >= 15 is 0 Å². The zero-order valence-corrected chi connectivity index (χ0v) is 23.4. The van der Waals surface area contributed by atoms with Crippen LogP contribution in [0.1, 0.15) is 30.9 Å². The topological polar surface area (TPSA) is 125 Å². The first kappa shape index (κ1) is 28.3. The van der Waals surface area contributed by atoms with Gasteiger partial charge >= 0.3 is 0 Å². The van der Waals surface area contributed by atoms with Crippen LogP contribution in [0, 0.1) is 0 Å². The Morgan fingerprint density at radius 3 is 2.63 bits per heavy atom. The minimum absolute atomic E-state index is 0.532. The fourth-order valence-corrected chi connectivity index (χ4v) is 5.48. The minimum Gasteiger partial charge on any atom is -0.492 e. The van der Waals surface area contributed by atoms with Crippen molar-refractivity contribution in [3.8, 4) is 16.9 Å². The van der Waals surface area contributed by atoms with E-state index in [1.165, 1.54) is 0 Å². The predicted octanol–water partition coefficient (Wildman–Crippen LogP) is 2.89. The molecule has 0 saturated carbocycles. The Balaban J connectivity index is 1.37. The molecule has 10 heteroatoms. The number of fused-ring (bicyclic) bond motifs is 1. The number of ether oxygens (including phenoxy) is 1. The molecular formula is C31H36N6O4. The molecule has 5 rings (SSSR count). The van der Waals surface area contributed by atoms with Crippen molar-refractivity contribution in [3.05, 3.63) is 78.2 Å². The molecule has 1 atom stereocenters. The SMILES string of the molecule is CCOc1cc(-c2ccc(N3CCC(Cc4ccccc4)(NC(=O)[C@H](O)CO)CC3)nc2)c2c(C=NC)cnn2c1. The molecule has 10 nitrogen and oxygen atoms in total. The van der Waals surface area contributed by atoms with Gasteiger partial charge in [0.25, 0.3) is 5.91 Å². The van der Waals surface area contributed by atoms with Crippen LogP contribution in [0.4, 0.5) is 5.82 Å². The number of anilines is 1. The molecule has 4 heterocycles. The highest BCUT2D eigenvalue weighted by molar-refractivity contribution is 5.96. The summed E-state index contributed by atoms with van der Waals surface area (Å²) in [5.41, 5.74) is 4.30. The van der Waals surface area contributed by atoms with Gasteiger partial charge in [0.15, 0.2) is 6.10 Å². The van der Waals surface area contributed by atoms with E-state index in [0.717, 1.165) is 39.3 Å². The average Bonchev–Trinajstić information content (AvgIpc) is 3.40. The summed E-state index contributed by atoms with van der Waals surface area (Å²) in [5.74, 6) is 1.03. The summed E-state index contributed by atoms with van der Waals surface area (Å²) in [6.07, 6.45) is 7.85. The Hall–Kier alpha value is -4.28. The third-order valence-corrected chi connectivity index (χ3v) is 7.55. The first-order valence-electron chi connectivity index (χ1n) is 13.9. The van der Waals surface area contributed by atoms with Gasteiger partial charge in [-0.2, -0.15) is 5.10 Å². The molecule has 0 radical (unpaired) electrons. The Bertz CT molecular complexity index is 1490.